The molecular weight excluding hydrogens is 408 g/mol. The molecule has 0 aromatic heterocycles. The number of nitrogens with zero attached hydrogens (tertiary/aromatic N) is 2. The minimum Gasteiger partial charge on any atom is -0.379 e. The van der Waals surface area contributed by atoms with Crippen molar-refractivity contribution in [3.05, 3.63) is 48.0 Å². The van der Waals surface area contributed by atoms with Gasteiger partial charge in [-0.15, -0.1) is 0 Å². The molecule has 1 aliphatic heterocycles. The summed E-state index contributed by atoms with van der Waals surface area (Å²) in [7, 11) is -4.67. The quantitative estimate of drug-likeness (QED) is 0.300. The Labute approximate surface area is 177 Å². The van der Waals surface area contributed by atoms with Crippen molar-refractivity contribution in [3.63, 3.8) is 0 Å². The molecule has 0 amide bonds. The molecule has 3 rings (SSSR count). The van der Waals surface area contributed by atoms with E-state index in [-0.39, 0.29) is 11.4 Å². The van der Waals surface area contributed by atoms with Crippen LogP contribution in [0, 0.1) is 0 Å². The first-order chi connectivity index (χ1) is 14.1. The molecule has 1 unspecified atom stereocenters. The molecule has 0 spiro atoms. The fourth-order valence-corrected chi connectivity index (χ4v) is 3.55. The standard InChI is InChI=1S/C20H28N4O.H2O4S/c1-20(15-23-19(21)22,9-10-24-11-13-25-14-12-24)18-8-4-6-16-5-2-3-7-17(16)18;1-5(2,3)4/h2-8H,9-15H2,1H3,(H4,21,22,23);(H2,1,2,3,4). The number of fused-ring (bicyclic) bond motifs is 1. The van der Waals surface area contributed by atoms with Crippen LogP contribution >= 0.6 is 0 Å². The van der Waals surface area contributed by atoms with Crippen LogP contribution in [-0.4, -0.2) is 67.8 Å². The Balaban J connectivity index is 0.000000575. The van der Waals surface area contributed by atoms with Gasteiger partial charge in [0.15, 0.2) is 5.96 Å². The van der Waals surface area contributed by atoms with Crippen LogP contribution in [0.15, 0.2) is 47.5 Å². The van der Waals surface area contributed by atoms with E-state index in [0.717, 1.165) is 39.3 Å². The Kier molecular flexibility index (Phi) is 8.56. The second kappa shape index (κ2) is 10.7. The predicted molar refractivity (Wildman–Crippen MR) is 118 cm³/mol. The van der Waals surface area contributed by atoms with Crippen molar-refractivity contribution in [1.29, 1.82) is 0 Å². The number of benzene rings is 2. The van der Waals surface area contributed by atoms with Crippen LogP contribution in [0.25, 0.3) is 10.8 Å². The number of ether oxygens (including phenoxy) is 1. The second-order valence-electron chi connectivity index (χ2n) is 7.48. The number of hydrogen-bond donors (Lipinski definition) is 4. The van der Waals surface area contributed by atoms with Gasteiger partial charge < -0.3 is 16.2 Å². The topological polar surface area (TPSA) is 151 Å². The number of aliphatic imine (C=N–C) groups is 1. The van der Waals surface area contributed by atoms with Gasteiger partial charge in [0.1, 0.15) is 0 Å². The minimum atomic E-state index is -4.67. The van der Waals surface area contributed by atoms with E-state index in [1.165, 1.54) is 16.3 Å². The zero-order chi connectivity index (χ0) is 22.2. The lowest BCUT2D eigenvalue weighted by Crippen LogP contribution is -2.40. The van der Waals surface area contributed by atoms with Crippen molar-refractivity contribution in [2.24, 2.45) is 16.5 Å². The zero-order valence-corrected chi connectivity index (χ0v) is 17.9. The molecular formula is C20H30N4O5S. The van der Waals surface area contributed by atoms with Gasteiger partial charge in [-0.05, 0) is 29.3 Å². The first-order valence-corrected chi connectivity index (χ1v) is 11.0. The molecule has 0 saturated carbocycles. The summed E-state index contributed by atoms with van der Waals surface area (Å²) in [4.78, 5) is 6.83. The third kappa shape index (κ3) is 7.88. The number of morpholine rings is 1. The maximum atomic E-state index is 8.74. The number of hydrogen-bond acceptors (Lipinski definition) is 5. The smallest absolute Gasteiger partial charge is 0.379 e. The number of nitrogens with two attached hydrogens (primary N) is 2. The minimum absolute atomic E-state index is 0.122. The van der Waals surface area contributed by atoms with E-state index in [1.807, 2.05) is 0 Å². The lowest BCUT2D eigenvalue weighted by Gasteiger charge is -2.34. The normalized spacial score (nSPS) is 16.9. The van der Waals surface area contributed by atoms with Gasteiger partial charge in [-0.25, -0.2) is 0 Å². The van der Waals surface area contributed by atoms with Gasteiger partial charge >= 0.3 is 10.4 Å². The second-order valence-corrected chi connectivity index (χ2v) is 8.38. The largest absolute Gasteiger partial charge is 0.394 e. The van der Waals surface area contributed by atoms with Gasteiger partial charge in [0.05, 0.1) is 19.8 Å². The average Bonchev–Trinajstić information content (AvgIpc) is 2.70. The summed E-state index contributed by atoms with van der Waals surface area (Å²) < 4.78 is 37.0. The Morgan fingerprint density at radius 3 is 2.37 bits per heavy atom. The molecule has 0 radical (unpaired) electrons. The van der Waals surface area contributed by atoms with E-state index in [9.17, 15) is 0 Å². The molecule has 2 aromatic carbocycles. The maximum absolute atomic E-state index is 8.74. The molecule has 1 heterocycles. The van der Waals surface area contributed by atoms with E-state index in [4.69, 9.17) is 33.7 Å². The molecule has 30 heavy (non-hydrogen) atoms. The molecule has 1 fully saturated rings. The highest BCUT2D eigenvalue weighted by molar-refractivity contribution is 7.79. The third-order valence-corrected chi connectivity index (χ3v) is 5.13. The Morgan fingerprint density at radius 1 is 1.13 bits per heavy atom. The molecule has 10 heteroatoms. The van der Waals surface area contributed by atoms with E-state index >= 15 is 0 Å². The van der Waals surface area contributed by atoms with Crippen molar-refractivity contribution in [2.75, 3.05) is 39.4 Å². The molecule has 0 bridgehead atoms. The van der Waals surface area contributed by atoms with Crippen LogP contribution in [0.4, 0.5) is 0 Å². The third-order valence-electron chi connectivity index (χ3n) is 5.13. The highest BCUT2D eigenvalue weighted by Crippen LogP contribution is 2.34. The molecule has 166 valence electrons. The summed E-state index contributed by atoms with van der Waals surface area (Å²) in [6.07, 6.45) is 0.998. The first-order valence-electron chi connectivity index (χ1n) is 9.62. The van der Waals surface area contributed by atoms with Crippen molar-refractivity contribution in [2.45, 2.75) is 18.8 Å². The van der Waals surface area contributed by atoms with Crippen LogP contribution in [0.5, 0.6) is 0 Å². The van der Waals surface area contributed by atoms with Gasteiger partial charge in [-0.2, -0.15) is 8.42 Å². The van der Waals surface area contributed by atoms with Crippen molar-refractivity contribution in [3.8, 4) is 0 Å². The van der Waals surface area contributed by atoms with E-state index in [0.29, 0.717) is 6.54 Å². The Hall–Kier alpha value is -2.24. The lowest BCUT2D eigenvalue weighted by molar-refractivity contribution is 0.0349. The summed E-state index contributed by atoms with van der Waals surface area (Å²) >= 11 is 0. The summed E-state index contributed by atoms with van der Waals surface area (Å²) in [5, 5.41) is 2.53. The first kappa shape index (κ1) is 24.0. The summed E-state index contributed by atoms with van der Waals surface area (Å²) in [6, 6.07) is 15.0. The van der Waals surface area contributed by atoms with Crippen LogP contribution < -0.4 is 11.5 Å². The zero-order valence-electron chi connectivity index (χ0n) is 17.1. The van der Waals surface area contributed by atoms with Crippen molar-refractivity contribution < 1.29 is 22.3 Å². The van der Waals surface area contributed by atoms with Gasteiger partial charge in [0.2, 0.25) is 0 Å². The van der Waals surface area contributed by atoms with Crippen LogP contribution in [0.3, 0.4) is 0 Å². The fraction of sp³-hybridized carbons (Fsp3) is 0.450. The summed E-state index contributed by atoms with van der Waals surface area (Å²) in [6.45, 7) is 7.50. The van der Waals surface area contributed by atoms with Gasteiger partial charge in [0.25, 0.3) is 0 Å². The highest BCUT2D eigenvalue weighted by atomic mass is 32.3. The molecule has 1 atom stereocenters. The Bertz CT molecular complexity index is 943. The van der Waals surface area contributed by atoms with E-state index in [2.05, 4.69) is 59.3 Å². The van der Waals surface area contributed by atoms with Crippen molar-refractivity contribution >= 4 is 27.1 Å². The van der Waals surface area contributed by atoms with Crippen LogP contribution in [0.2, 0.25) is 0 Å². The number of rotatable bonds is 6. The van der Waals surface area contributed by atoms with Gasteiger partial charge in [-0.3, -0.25) is 19.0 Å². The summed E-state index contributed by atoms with van der Waals surface area (Å²) in [5.41, 5.74) is 12.4. The van der Waals surface area contributed by atoms with E-state index in [1.54, 1.807) is 0 Å². The SMILES string of the molecule is CC(CCN1CCOCC1)(CN=C(N)N)c1cccc2ccccc12.O=S(=O)(O)O. The molecule has 6 N–H and O–H groups in total. The number of guanidine groups is 1. The maximum Gasteiger partial charge on any atom is 0.394 e. The molecule has 1 saturated heterocycles. The predicted octanol–water partition coefficient (Wildman–Crippen LogP) is 1.44. The Morgan fingerprint density at radius 2 is 1.73 bits per heavy atom. The summed E-state index contributed by atoms with van der Waals surface area (Å²) in [5.74, 6) is 0.151. The van der Waals surface area contributed by atoms with E-state index < -0.39 is 10.4 Å². The van der Waals surface area contributed by atoms with Crippen LogP contribution in [-0.2, 0) is 20.6 Å². The van der Waals surface area contributed by atoms with Gasteiger partial charge in [-0.1, -0.05) is 49.4 Å². The molecule has 9 nitrogen and oxygen atoms in total. The highest BCUT2D eigenvalue weighted by Gasteiger charge is 2.29. The van der Waals surface area contributed by atoms with Gasteiger partial charge in [0, 0.05) is 18.5 Å². The lowest BCUT2D eigenvalue weighted by atomic mass is 9.77. The molecule has 0 aliphatic carbocycles. The van der Waals surface area contributed by atoms with Crippen LogP contribution in [0.1, 0.15) is 18.9 Å². The fourth-order valence-electron chi connectivity index (χ4n) is 3.55. The monoisotopic (exact) mass is 438 g/mol. The molecule has 1 aliphatic rings. The molecule has 2 aromatic rings. The average molecular weight is 439 g/mol. The van der Waals surface area contributed by atoms with Crippen molar-refractivity contribution in [1.82, 2.24) is 4.90 Å².